The molecule has 0 heterocycles. The van der Waals surface area contributed by atoms with Crippen LogP contribution in [0.2, 0.25) is 0 Å². The fourth-order valence-corrected chi connectivity index (χ4v) is 2.71. The molecule has 0 saturated heterocycles. The van der Waals surface area contributed by atoms with Crippen LogP contribution in [-0.4, -0.2) is 30.2 Å². The smallest absolute Gasteiger partial charge is 0.333 e. The normalized spacial score (nSPS) is 34.2. The Morgan fingerprint density at radius 3 is 2.00 bits per heavy atom. The first-order valence-corrected chi connectivity index (χ1v) is 5.96. The largest absolute Gasteiger partial charge is 0.452 e. The zero-order valence-corrected chi connectivity index (χ0v) is 12.1. The Labute approximate surface area is 100 Å². The number of methoxy groups -OCH3 is 1. The molecule has 1 saturated carbocycles. The van der Waals surface area contributed by atoms with Gasteiger partial charge in [0.05, 0.1) is 19.4 Å². The summed E-state index contributed by atoms with van der Waals surface area (Å²) in [4.78, 5) is 0. The quantitative estimate of drug-likeness (QED) is 0.303. The summed E-state index contributed by atoms with van der Waals surface area (Å²) < 4.78 is 7.62. The second-order valence-corrected chi connectivity index (χ2v) is 5.69. The first-order valence-electron chi connectivity index (χ1n) is 5.96. The van der Waals surface area contributed by atoms with Crippen molar-refractivity contribution in [1.29, 1.82) is 0 Å². The molecule has 1 aliphatic rings. The molecule has 0 aromatic rings. The third-order valence-electron chi connectivity index (χ3n) is 4.85. The summed E-state index contributed by atoms with van der Waals surface area (Å²) in [6.07, 6.45) is 1.20. The molecule has 2 heteroatoms. The van der Waals surface area contributed by atoms with Crippen LogP contribution in [0.1, 0.15) is 48.0 Å². The van der Waals surface area contributed by atoms with Gasteiger partial charge < -0.3 is 4.74 Å². The maximum atomic E-state index is 5.34. The topological polar surface area (TPSA) is 12.2 Å². The first-order chi connectivity index (χ1) is 7.20. The van der Waals surface area contributed by atoms with Crippen LogP contribution >= 0.6 is 0 Å². The van der Waals surface area contributed by atoms with Gasteiger partial charge in [0, 0.05) is 13.3 Å². The summed E-state index contributed by atoms with van der Waals surface area (Å²) in [6.45, 7) is 13.4. The average molecular weight is 224 g/mol. The maximum absolute atomic E-state index is 5.34. The maximum Gasteiger partial charge on any atom is 0.333 e. The molecule has 16 heavy (non-hydrogen) atoms. The zero-order chi connectivity index (χ0) is 12.7. The molecule has 0 aliphatic heterocycles. The van der Waals surface area contributed by atoms with E-state index >= 15 is 0 Å². The minimum Gasteiger partial charge on any atom is -0.452 e. The van der Waals surface area contributed by atoms with E-state index in [0.717, 1.165) is 5.90 Å². The van der Waals surface area contributed by atoms with Crippen LogP contribution in [0.25, 0.3) is 0 Å². The highest BCUT2D eigenvalue weighted by atomic mass is 16.5. The average Bonchev–Trinajstić information content (AvgIpc) is 2.80. The van der Waals surface area contributed by atoms with Gasteiger partial charge in [-0.25, -0.2) is 0 Å². The van der Waals surface area contributed by atoms with Gasteiger partial charge in [-0.3, -0.25) is 0 Å². The Bertz CT molecular complexity index is 363. The number of ether oxygens (including phenoxy) is 1. The molecule has 2 nitrogen and oxygen atoms in total. The van der Waals surface area contributed by atoms with Gasteiger partial charge in [0.25, 0.3) is 0 Å². The fraction of sp³-hybridized carbons (Fsp3) is 0.786. The molecule has 0 aromatic carbocycles. The highest BCUT2D eigenvalue weighted by Crippen LogP contribution is 2.62. The van der Waals surface area contributed by atoms with Crippen molar-refractivity contribution >= 4 is 5.90 Å². The van der Waals surface area contributed by atoms with E-state index in [4.69, 9.17) is 4.74 Å². The van der Waals surface area contributed by atoms with Crippen molar-refractivity contribution in [3.63, 3.8) is 0 Å². The molecule has 1 fully saturated rings. The lowest BCUT2D eigenvalue weighted by Crippen LogP contribution is -2.33. The van der Waals surface area contributed by atoms with Crippen LogP contribution in [0, 0.1) is 5.41 Å². The zero-order valence-electron chi connectivity index (χ0n) is 12.1. The number of rotatable bonds is 2. The van der Waals surface area contributed by atoms with Gasteiger partial charge >= 0.3 is 5.90 Å². The van der Waals surface area contributed by atoms with Crippen molar-refractivity contribution in [3.05, 3.63) is 11.1 Å². The van der Waals surface area contributed by atoms with E-state index in [1.807, 2.05) is 6.92 Å². The molecule has 1 aliphatic carbocycles. The standard InChI is InChI=1S/C14H26NO/c1-10(2)11(3)13(5)9-14(13,6)15(7)12(4)16-8/h9H2,1-8H3/q+1. The van der Waals surface area contributed by atoms with Crippen molar-refractivity contribution in [3.8, 4) is 0 Å². The number of allylic oxidation sites excluding steroid dienone is 1. The molecule has 0 bridgehead atoms. The Kier molecular flexibility index (Phi) is 3.24. The Morgan fingerprint density at radius 2 is 1.62 bits per heavy atom. The molecular formula is C14H26NO+. The van der Waals surface area contributed by atoms with E-state index in [1.165, 1.54) is 17.6 Å². The predicted molar refractivity (Wildman–Crippen MR) is 69.1 cm³/mol. The fourth-order valence-electron chi connectivity index (χ4n) is 2.71. The van der Waals surface area contributed by atoms with Crippen molar-refractivity contribution in [2.24, 2.45) is 5.41 Å². The van der Waals surface area contributed by atoms with Gasteiger partial charge in [0.2, 0.25) is 0 Å². The number of nitrogens with zero attached hydrogens (tertiary/aromatic N) is 1. The summed E-state index contributed by atoms with van der Waals surface area (Å²) in [5.41, 5.74) is 3.45. The summed E-state index contributed by atoms with van der Waals surface area (Å²) in [5.74, 6) is 0.993. The lowest BCUT2D eigenvalue weighted by atomic mass is 9.91. The molecule has 2 unspecified atom stereocenters. The van der Waals surface area contributed by atoms with Crippen LogP contribution < -0.4 is 0 Å². The lowest BCUT2D eigenvalue weighted by Gasteiger charge is -2.18. The highest BCUT2D eigenvalue weighted by Gasteiger charge is 2.70. The van der Waals surface area contributed by atoms with Crippen LogP contribution in [0.15, 0.2) is 11.1 Å². The highest BCUT2D eigenvalue weighted by molar-refractivity contribution is 5.67. The van der Waals surface area contributed by atoms with Crippen molar-refractivity contribution < 1.29 is 9.31 Å². The molecule has 2 atom stereocenters. The van der Waals surface area contributed by atoms with E-state index in [-0.39, 0.29) is 5.54 Å². The minimum atomic E-state index is 0.203. The van der Waals surface area contributed by atoms with Gasteiger partial charge in [-0.1, -0.05) is 11.1 Å². The predicted octanol–water partition coefficient (Wildman–Crippen LogP) is 3.22. The number of hydrogen-bond donors (Lipinski definition) is 0. The van der Waals surface area contributed by atoms with Gasteiger partial charge in [-0.2, -0.15) is 4.58 Å². The third-order valence-corrected chi connectivity index (χ3v) is 4.85. The van der Waals surface area contributed by atoms with Crippen molar-refractivity contribution in [1.82, 2.24) is 0 Å². The van der Waals surface area contributed by atoms with E-state index in [9.17, 15) is 0 Å². The molecule has 0 N–H and O–H groups in total. The Hall–Kier alpha value is -0.790. The molecule has 0 radical (unpaired) electrons. The van der Waals surface area contributed by atoms with Crippen molar-refractivity contribution in [2.75, 3.05) is 14.2 Å². The third kappa shape index (κ3) is 1.68. The summed E-state index contributed by atoms with van der Waals surface area (Å²) in [6, 6.07) is 0. The second kappa shape index (κ2) is 3.90. The van der Waals surface area contributed by atoms with Gasteiger partial charge in [0.15, 0.2) is 5.54 Å². The molecule has 0 amide bonds. The van der Waals surface area contributed by atoms with E-state index in [0.29, 0.717) is 5.41 Å². The lowest BCUT2D eigenvalue weighted by molar-refractivity contribution is -0.564. The first kappa shape index (κ1) is 13.3. The van der Waals surface area contributed by atoms with E-state index in [1.54, 1.807) is 7.11 Å². The summed E-state index contributed by atoms with van der Waals surface area (Å²) in [7, 11) is 3.87. The van der Waals surface area contributed by atoms with Gasteiger partial charge in [-0.05, 0) is 27.7 Å². The monoisotopic (exact) mass is 224 g/mol. The Balaban J connectivity index is 3.10. The van der Waals surface area contributed by atoms with E-state index < -0.39 is 0 Å². The minimum absolute atomic E-state index is 0.203. The molecule has 0 aromatic heterocycles. The SMILES string of the molecule is COC(C)=[N+](C)C1(C)CC1(C)C(C)=C(C)C. The van der Waals surface area contributed by atoms with Crippen molar-refractivity contribution in [2.45, 2.75) is 53.5 Å². The van der Waals surface area contributed by atoms with Crippen LogP contribution in [0.4, 0.5) is 0 Å². The molecule has 92 valence electrons. The van der Waals surface area contributed by atoms with E-state index in [2.05, 4.69) is 46.2 Å². The Morgan fingerprint density at radius 1 is 1.12 bits per heavy atom. The van der Waals surface area contributed by atoms with Crippen LogP contribution in [0.3, 0.4) is 0 Å². The second-order valence-electron chi connectivity index (χ2n) is 5.69. The van der Waals surface area contributed by atoms with Crippen LogP contribution in [-0.2, 0) is 4.74 Å². The molecule has 1 rings (SSSR count). The number of hydrogen-bond acceptors (Lipinski definition) is 1. The van der Waals surface area contributed by atoms with Gasteiger partial charge in [0.1, 0.15) is 7.05 Å². The summed E-state index contributed by atoms with van der Waals surface area (Å²) >= 11 is 0. The van der Waals surface area contributed by atoms with Crippen LogP contribution in [0.5, 0.6) is 0 Å². The molecule has 0 spiro atoms. The molecular weight excluding hydrogens is 198 g/mol. The van der Waals surface area contributed by atoms with Gasteiger partial charge in [-0.15, -0.1) is 0 Å². The summed E-state index contributed by atoms with van der Waals surface area (Å²) in [5, 5.41) is 0.